The lowest BCUT2D eigenvalue weighted by molar-refractivity contribution is 0.233. The number of hydrogen-bond acceptors (Lipinski definition) is 1. The zero-order valence-corrected chi connectivity index (χ0v) is 10.2. The molecule has 2 aromatic rings. The van der Waals surface area contributed by atoms with Gasteiger partial charge in [0.2, 0.25) is 0 Å². The van der Waals surface area contributed by atoms with Crippen molar-refractivity contribution < 1.29 is 4.74 Å². The molecule has 3 rings (SSSR count). The third kappa shape index (κ3) is 2.29. The molecule has 17 heavy (non-hydrogen) atoms. The van der Waals surface area contributed by atoms with Crippen molar-refractivity contribution in [1.82, 2.24) is 0 Å². The van der Waals surface area contributed by atoms with E-state index in [0.29, 0.717) is 0 Å². The molecule has 1 atom stereocenters. The Balaban J connectivity index is 1.71. The topological polar surface area (TPSA) is 9.23 Å². The number of para-hydroxylation sites is 1. The second-order valence-electron chi connectivity index (χ2n) is 4.38. The van der Waals surface area contributed by atoms with Gasteiger partial charge in [-0.25, -0.2) is 0 Å². The fourth-order valence-electron chi connectivity index (χ4n) is 2.25. The quantitative estimate of drug-likeness (QED) is 0.779. The highest BCUT2D eigenvalue weighted by atomic mass is 35.5. The van der Waals surface area contributed by atoms with E-state index in [4.69, 9.17) is 16.3 Å². The number of hydrogen-bond donors (Lipinski definition) is 0. The Morgan fingerprint density at radius 3 is 2.59 bits per heavy atom. The molecule has 1 unspecified atom stereocenters. The van der Waals surface area contributed by atoms with Gasteiger partial charge in [-0.05, 0) is 29.3 Å². The second kappa shape index (κ2) is 4.42. The van der Waals surface area contributed by atoms with E-state index in [-0.39, 0.29) is 6.10 Å². The van der Waals surface area contributed by atoms with Crippen LogP contribution in [0.1, 0.15) is 11.1 Å². The van der Waals surface area contributed by atoms with Gasteiger partial charge in [-0.15, -0.1) is 0 Å². The molecular weight excluding hydrogens is 232 g/mol. The van der Waals surface area contributed by atoms with Crippen LogP contribution in [0.15, 0.2) is 48.5 Å². The standard InChI is InChI=1S/C15H13ClO/c16-13-7-5-11(6-8-13)9-14-10-12-3-1-2-4-15(12)17-14/h1-8,14H,9-10H2. The van der Waals surface area contributed by atoms with E-state index in [1.807, 2.05) is 24.3 Å². The number of fused-ring (bicyclic) bond motifs is 1. The average molecular weight is 245 g/mol. The maximum Gasteiger partial charge on any atom is 0.123 e. The lowest BCUT2D eigenvalue weighted by Gasteiger charge is -2.10. The van der Waals surface area contributed by atoms with Gasteiger partial charge in [-0.2, -0.15) is 0 Å². The zero-order valence-electron chi connectivity index (χ0n) is 9.40. The highest BCUT2D eigenvalue weighted by molar-refractivity contribution is 6.30. The summed E-state index contributed by atoms with van der Waals surface area (Å²) in [6.07, 6.45) is 2.19. The van der Waals surface area contributed by atoms with Gasteiger partial charge < -0.3 is 4.74 Å². The Kier molecular flexibility index (Phi) is 2.77. The minimum absolute atomic E-state index is 0.258. The van der Waals surface area contributed by atoms with Crippen molar-refractivity contribution in [2.75, 3.05) is 0 Å². The first-order valence-corrected chi connectivity index (χ1v) is 6.18. The van der Waals surface area contributed by atoms with Crippen LogP contribution in [0.3, 0.4) is 0 Å². The van der Waals surface area contributed by atoms with Gasteiger partial charge in [0.1, 0.15) is 11.9 Å². The predicted molar refractivity (Wildman–Crippen MR) is 69.7 cm³/mol. The maximum absolute atomic E-state index is 5.91. The Labute approximate surface area is 106 Å². The highest BCUT2D eigenvalue weighted by Crippen LogP contribution is 2.29. The summed E-state index contributed by atoms with van der Waals surface area (Å²) in [6.45, 7) is 0. The minimum Gasteiger partial charge on any atom is -0.489 e. The zero-order chi connectivity index (χ0) is 11.7. The molecule has 0 bridgehead atoms. The van der Waals surface area contributed by atoms with Crippen molar-refractivity contribution >= 4 is 11.6 Å². The van der Waals surface area contributed by atoms with Crippen LogP contribution in [0.5, 0.6) is 5.75 Å². The molecule has 0 aromatic heterocycles. The molecule has 0 saturated heterocycles. The van der Waals surface area contributed by atoms with Gasteiger partial charge in [0.15, 0.2) is 0 Å². The van der Waals surface area contributed by atoms with Crippen LogP contribution >= 0.6 is 11.6 Å². The second-order valence-corrected chi connectivity index (χ2v) is 4.82. The molecule has 2 aromatic carbocycles. The monoisotopic (exact) mass is 244 g/mol. The van der Waals surface area contributed by atoms with E-state index < -0.39 is 0 Å². The SMILES string of the molecule is Clc1ccc(CC2Cc3ccccc3O2)cc1. The van der Waals surface area contributed by atoms with Crippen molar-refractivity contribution in [3.8, 4) is 5.75 Å². The van der Waals surface area contributed by atoms with Crippen molar-refractivity contribution in [2.24, 2.45) is 0 Å². The molecule has 0 spiro atoms. The summed E-state index contributed by atoms with van der Waals surface area (Å²) in [5.74, 6) is 1.03. The summed E-state index contributed by atoms with van der Waals surface area (Å²) in [7, 11) is 0. The number of ether oxygens (including phenoxy) is 1. The summed E-state index contributed by atoms with van der Waals surface area (Å²) in [5.41, 5.74) is 2.58. The number of halogens is 1. The van der Waals surface area contributed by atoms with Gasteiger partial charge >= 0.3 is 0 Å². The average Bonchev–Trinajstić information content (AvgIpc) is 2.74. The molecule has 0 saturated carbocycles. The summed E-state index contributed by atoms with van der Waals surface area (Å²) in [6, 6.07) is 16.2. The molecule has 0 N–H and O–H groups in total. The third-order valence-corrected chi connectivity index (χ3v) is 3.34. The van der Waals surface area contributed by atoms with Crippen molar-refractivity contribution in [3.63, 3.8) is 0 Å². The van der Waals surface area contributed by atoms with Crippen LogP contribution in [0.2, 0.25) is 5.02 Å². The first-order chi connectivity index (χ1) is 8.31. The van der Waals surface area contributed by atoms with E-state index in [1.165, 1.54) is 11.1 Å². The Morgan fingerprint density at radius 1 is 1.06 bits per heavy atom. The Morgan fingerprint density at radius 2 is 1.82 bits per heavy atom. The molecule has 0 fully saturated rings. The summed E-state index contributed by atoms with van der Waals surface area (Å²) in [4.78, 5) is 0. The van der Waals surface area contributed by atoms with Crippen LogP contribution in [-0.4, -0.2) is 6.10 Å². The van der Waals surface area contributed by atoms with Crippen LogP contribution in [0, 0.1) is 0 Å². The molecule has 0 radical (unpaired) electrons. The third-order valence-electron chi connectivity index (χ3n) is 3.09. The molecule has 0 amide bonds. The first kappa shape index (κ1) is 10.7. The van der Waals surface area contributed by atoms with Crippen LogP contribution < -0.4 is 4.74 Å². The van der Waals surface area contributed by atoms with Gasteiger partial charge in [0.25, 0.3) is 0 Å². The highest BCUT2D eigenvalue weighted by Gasteiger charge is 2.22. The summed E-state index contributed by atoms with van der Waals surface area (Å²) < 4.78 is 5.91. The number of rotatable bonds is 2. The van der Waals surface area contributed by atoms with Crippen LogP contribution in [0.25, 0.3) is 0 Å². The van der Waals surface area contributed by atoms with Crippen LogP contribution in [0.4, 0.5) is 0 Å². The Bertz CT molecular complexity index is 494. The van der Waals surface area contributed by atoms with Gasteiger partial charge in [-0.1, -0.05) is 41.9 Å². The number of benzene rings is 2. The molecule has 1 aliphatic rings. The van der Waals surface area contributed by atoms with E-state index in [1.54, 1.807) is 0 Å². The van der Waals surface area contributed by atoms with Crippen molar-refractivity contribution in [2.45, 2.75) is 18.9 Å². The van der Waals surface area contributed by atoms with E-state index >= 15 is 0 Å². The van der Waals surface area contributed by atoms with E-state index in [0.717, 1.165) is 23.6 Å². The van der Waals surface area contributed by atoms with Gasteiger partial charge in [0, 0.05) is 17.9 Å². The predicted octanol–water partition coefficient (Wildman–Crippen LogP) is 3.89. The fourth-order valence-corrected chi connectivity index (χ4v) is 2.38. The smallest absolute Gasteiger partial charge is 0.123 e. The van der Waals surface area contributed by atoms with Crippen molar-refractivity contribution in [1.29, 1.82) is 0 Å². The van der Waals surface area contributed by atoms with Crippen LogP contribution in [-0.2, 0) is 12.8 Å². The molecule has 86 valence electrons. The lowest BCUT2D eigenvalue weighted by atomic mass is 10.0. The Hall–Kier alpha value is -1.47. The largest absolute Gasteiger partial charge is 0.489 e. The molecule has 2 heteroatoms. The van der Waals surface area contributed by atoms with Crippen molar-refractivity contribution in [3.05, 3.63) is 64.7 Å². The molecular formula is C15H13ClO. The molecule has 1 nitrogen and oxygen atoms in total. The maximum atomic E-state index is 5.91. The summed E-state index contributed by atoms with van der Waals surface area (Å²) >= 11 is 5.87. The lowest BCUT2D eigenvalue weighted by Crippen LogP contribution is -2.16. The van der Waals surface area contributed by atoms with E-state index in [9.17, 15) is 0 Å². The molecule has 0 aliphatic carbocycles. The van der Waals surface area contributed by atoms with Gasteiger partial charge in [-0.3, -0.25) is 0 Å². The van der Waals surface area contributed by atoms with Gasteiger partial charge in [0.05, 0.1) is 0 Å². The van der Waals surface area contributed by atoms with E-state index in [2.05, 4.69) is 24.3 Å². The minimum atomic E-state index is 0.258. The summed E-state index contributed by atoms with van der Waals surface area (Å²) in [5, 5.41) is 0.782. The fraction of sp³-hybridized carbons (Fsp3) is 0.200. The molecule has 1 aliphatic heterocycles. The molecule has 1 heterocycles. The first-order valence-electron chi connectivity index (χ1n) is 5.80. The normalized spacial score (nSPS) is 17.6.